The molecule has 2 aromatic rings. The van der Waals surface area contributed by atoms with Crippen molar-refractivity contribution in [3.05, 3.63) is 46.7 Å². The lowest BCUT2D eigenvalue weighted by atomic mass is 9.88. The highest BCUT2D eigenvalue weighted by Crippen LogP contribution is 2.37. The average molecular weight is 321 g/mol. The number of aryl methyl sites for hydroxylation is 2. The molecule has 0 bridgehead atoms. The third kappa shape index (κ3) is 2.83. The first-order valence-corrected chi connectivity index (χ1v) is 7.40. The van der Waals surface area contributed by atoms with Crippen molar-refractivity contribution in [2.75, 3.05) is 6.54 Å². The van der Waals surface area contributed by atoms with Crippen LogP contribution >= 0.6 is 0 Å². The molecule has 3 rings (SSSR count). The Labute approximate surface area is 132 Å². The number of aromatic nitrogens is 2. The van der Waals surface area contributed by atoms with Crippen LogP contribution in [-0.2, 0) is 11.3 Å². The zero-order valence-electron chi connectivity index (χ0n) is 13.1. The van der Waals surface area contributed by atoms with Gasteiger partial charge in [0.15, 0.2) is 0 Å². The van der Waals surface area contributed by atoms with Gasteiger partial charge in [-0.1, -0.05) is 6.92 Å². The van der Waals surface area contributed by atoms with Crippen LogP contribution in [0.15, 0.2) is 16.5 Å². The minimum Gasteiger partial charge on any atom is -0.424 e. The lowest BCUT2D eigenvalue weighted by Gasteiger charge is -2.16. The summed E-state index contributed by atoms with van der Waals surface area (Å²) in [6.07, 6.45) is 0. The van der Waals surface area contributed by atoms with Gasteiger partial charge in [-0.05, 0) is 24.6 Å². The normalized spacial score (nSPS) is 21.3. The highest BCUT2D eigenvalue weighted by molar-refractivity contribution is 5.82. The van der Waals surface area contributed by atoms with Crippen LogP contribution in [0.25, 0.3) is 0 Å². The summed E-state index contributed by atoms with van der Waals surface area (Å²) in [5, 5.41) is 7.57. The van der Waals surface area contributed by atoms with E-state index in [9.17, 15) is 13.6 Å². The largest absolute Gasteiger partial charge is 0.424 e. The van der Waals surface area contributed by atoms with Gasteiger partial charge >= 0.3 is 0 Å². The molecule has 0 spiro atoms. The highest BCUT2D eigenvalue weighted by Gasteiger charge is 2.41. The summed E-state index contributed by atoms with van der Waals surface area (Å²) in [4.78, 5) is 13.9. The molecule has 5 nitrogen and oxygen atoms in total. The number of hydrogen-bond acceptors (Lipinski definition) is 4. The third-order valence-corrected chi connectivity index (χ3v) is 4.21. The molecule has 1 aromatic carbocycles. The smallest absolute Gasteiger partial charge is 0.235 e. The van der Waals surface area contributed by atoms with E-state index in [1.165, 1.54) is 17.0 Å². The molecule has 1 aliphatic heterocycles. The number of hydrogen-bond donors (Lipinski definition) is 0. The van der Waals surface area contributed by atoms with E-state index in [4.69, 9.17) is 4.42 Å². The van der Waals surface area contributed by atoms with Crippen LogP contribution in [0.1, 0.15) is 35.7 Å². The van der Waals surface area contributed by atoms with Crippen LogP contribution in [0.5, 0.6) is 0 Å². The zero-order chi connectivity index (χ0) is 16.7. The van der Waals surface area contributed by atoms with Crippen molar-refractivity contribution in [2.24, 2.45) is 5.92 Å². The Kier molecular flexibility index (Phi) is 3.87. The first kappa shape index (κ1) is 15.6. The first-order chi connectivity index (χ1) is 10.9. The van der Waals surface area contributed by atoms with Crippen LogP contribution in [0.4, 0.5) is 8.78 Å². The molecule has 1 amide bonds. The minimum absolute atomic E-state index is 0.0272. The Morgan fingerprint density at radius 1 is 1.26 bits per heavy atom. The van der Waals surface area contributed by atoms with E-state index < -0.39 is 23.5 Å². The fourth-order valence-corrected chi connectivity index (χ4v) is 3.06. The number of halogens is 2. The SMILES string of the molecule is Cc1cc(F)c([C@@H]2CN(Cc3nnc(C)o3)C(=O)[C@H]2C)c(F)c1. The summed E-state index contributed by atoms with van der Waals surface area (Å²) in [6, 6.07) is 2.58. The Balaban J connectivity index is 1.87. The Hall–Kier alpha value is -2.31. The maximum absolute atomic E-state index is 14.2. The number of carbonyl (C=O) groups excluding carboxylic acids is 1. The second kappa shape index (κ2) is 5.72. The molecule has 0 saturated carbocycles. The van der Waals surface area contributed by atoms with E-state index >= 15 is 0 Å². The Bertz CT molecular complexity index is 737. The van der Waals surface area contributed by atoms with Crippen LogP contribution in [-0.4, -0.2) is 27.5 Å². The Morgan fingerprint density at radius 2 is 1.91 bits per heavy atom. The molecule has 0 radical (unpaired) electrons. The number of benzene rings is 1. The average Bonchev–Trinajstić information content (AvgIpc) is 2.98. The predicted molar refractivity (Wildman–Crippen MR) is 77.5 cm³/mol. The summed E-state index contributed by atoms with van der Waals surface area (Å²) in [6.45, 7) is 5.34. The van der Waals surface area contributed by atoms with Crippen molar-refractivity contribution in [1.29, 1.82) is 0 Å². The second-order valence-corrected chi connectivity index (χ2v) is 5.97. The van der Waals surface area contributed by atoms with Gasteiger partial charge in [-0.2, -0.15) is 0 Å². The quantitative estimate of drug-likeness (QED) is 0.872. The molecule has 7 heteroatoms. The molecule has 1 fully saturated rings. The van der Waals surface area contributed by atoms with Crippen molar-refractivity contribution in [3.8, 4) is 0 Å². The summed E-state index contributed by atoms with van der Waals surface area (Å²) in [7, 11) is 0. The summed E-state index contributed by atoms with van der Waals surface area (Å²) in [5.74, 6) is -1.71. The van der Waals surface area contributed by atoms with Gasteiger partial charge in [-0.15, -0.1) is 10.2 Å². The fourth-order valence-electron chi connectivity index (χ4n) is 3.06. The van der Waals surface area contributed by atoms with E-state index in [0.29, 0.717) is 17.3 Å². The van der Waals surface area contributed by atoms with Crippen molar-refractivity contribution in [3.63, 3.8) is 0 Å². The van der Waals surface area contributed by atoms with E-state index in [-0.39, 0.29) is 24.6 Å². The van der Waals surface area contributed by atoms with Crippen molar-refractivity contribution < 1.29 is 18.0 Å². The third-order valence-electron chi connectivity index (χ3n) is 4.21. The standard InChI is InChI=1S/C16H17F2N3O2/c1-8-4-12(17)15(13(18)5-8)11-6-21(16(22)9(11)2)7-14-20-19-10(3)23-14/h4-5,9,11H,6-7H2,1-3H3/t9-,11+/m0/s1. The summed E-state index contributed by atoms with van der Waals surface area (Å²) >= 11 is 0. The minimum atomic E-state index is -0.609. The van der Waals surface area contributed by atoms with Crippen molar-refractivity contribution >= 4 is 5.91 Å². The van der Waals surface area contributed by atoms with E-state index in [1.807, 2.05) is 0 Å². The van der Waals surface area contributed by atoms with Crippen LogP contribution in [0.3, 0.4) is 0 Å². The molecule has 1 aliphatic rings. The molecular formula is C16H17F2N3O2. The second-order valence-electron chi connectivity index (χ2n) is 5.97. The van der Waals surface area contributed by atoms with Gasteiger partial charge in [-0.3, -0.25) is 4.79 Å². The molecule has 0 N–H and O–H groups in total. The maximum atomic E-state index is 14.2. The predicted octanol–water partition coefficient (Wildman–Crippen LogP) is 2.73. The number of likely N-dealkylation sites (tertiary alicyclic amines) is 1. The zero-order valence-corrected chi connectivity index (χ0v) is 13.1. The van der Waals surface area contributed by atoms with Crippen molar-refractivity contribution in [2.45, 2.75) is 33.2 Å². The number of nitrogens with zero attached hydrogens (tertiary/aromatic N) is 3. The Morgan fingerprint density at radius 3 is 2.48 bits per heavy atom. The van der Waals surface area contributed by atoms with Gasteiger partial charge < -0.3 is 9.32 Å². The maximum Gasteiger partial charge on any atom is 0.235 e. The summed E-state index contributed by atoms with van der Waals surface area (Å²) < 4.78 is 33.7. The van der Waals surface area contributed by atoms with Gasteiger partial charge in [0.2, 0.25) is 17.7 Å². The molecule has 0 aliphatic carbocycles. The molecule has 2 atom stereocenters. The molecule has 1 saturated heterocycles. The lowest BCUT2D eigenvalue weighted by molar-refractivity contribution is -0.131. The number of carbonyl (C=O) groups is 1. The molecular weight excluding hydrogens is 304 g/mol. The highest BCUT2D eigenvalue weighted by atomic mass is 19.1. The lowest BCUT2D eigenvalue weighted by Crippen LogP contribution is -2.26. The fraction of sp³-hybridized carbons (Fsp3) is 0.438. The van der Waals surface area contributed by atoms with E-state index in [2.05, 4.69) is 10.2 Å². The molecule has 0 unspecified atom stereocenters. The van der Waals surface area contributed by atoms with Crippen LogP contribution in [0, 0.1) is 31.4 Å². The van der Waals surface area contributed by atoms with Gasteiger partial charge in [0.1, 0.15) is 11.6 Å². The molecule has 23 heavy (non-hydrogen) atoms. The summed E-state index contributed by atoms with van der Waals surface area (Å²) in [5.41, 5.74) is 0.486. The van der Waals surface area contributed by atoms with Gasteiger partial charge in [-0.25, -0.2) is 8.78 Å². The van der Waals surface area contributed by atoms with Crippen molar-refractivity contribution in [1.82, 2.24) is 15.1 Å². The van der Waals surface area contributed by atoms with E-state index in [1.54, 1.807) is 20.8 Å². The monoisotopic (exact) mass is 321 g/mol. The van der Waals surface area contributed by atoms with Crippen LogP contribution in [0.2, 0.25) is 0 Å². The molecule has 122 valence electrons. The first-order valence-electron chi connectivity index (χ1n) is 7.40. The van der Waals surface area contributed by atoms with Crippen LogP contribution < -0.4 is 0 Å². The molecule has 2 heterocycles. The van der Waals surface area contributed by atoms with Gasteiger partial charge in [0.25, 0.3) is 0 Å². The van der Waals surface area contributed by atoms with Gasteiger partial charge in [0.05, 0.1) is 6.54 Å². The number of amides is 1. The number of rotatable bonds is 3. The topological polar surface area (TPSA) is 59.2 Å². The van der Waals surface area contributed by atoms with Gasteiger partial charge in [0, 0.05) is 30.9 Å². The molecule has 1 aromatic heterocycles. The van der Waals surface area contributed by atoms with E-state index in [0.717, 1.165) is 0 Å².